The van der Waals surface area contributed by atoms with Crippen LogP contribution in [0.2, 0.25) is 0 Å². The van der Waals surface area contributed by atoms with Crippen molar-refractivity contribution in [3.8, 4) is 0 Å². The minimum absolute atomic E-state index is 0.518. The van der Waals surface area contributed by atoms with Crippen molar-refractivity contribution in [2.75, 3.05) is 0 Å². The van der Waals surface area contributed by atoms with Gasteiger partial charge in [-0.1, -0.05) is 48.0 Å². The Morgan fingerprint density at radius 3 is 2.00 bits per heavy atom. The first-order valence-corrected chi connectivity index (χ1v) is 7.68. The van der Waals surface area contributed by atoms with Crippen molar-refractivity contribution < 1.29 is 0 Å². The highest BCUT2D eigenvalue weighted by Gasteiger charge is 2.49. The van der Waals surface area contributed by atoms with Crippen molar-refractivity contribution >= 4 is 0 Å². The summed E-state index contributed by atoms with van der Waals surface area (Å²) in [5, 5.41) is 0. The maximum absolute atomic E-state index is 2.46. The number of hydrogen-bond donors (Lipinski definition) is 0. The molecule has 0 aromatic heterocycles. The quantitative estimate of drug-likeness (QED) is 0.562. The Morgan fingerprint density at radius 2 is 1.47 bits per heavy atom. The van der Waals surface area contributed by atoms with E-state index in [2.05, 4.69) is 41.5 Å². The SMILES string of the molecule is CC(C)(C)CC1CC(C(C)(C)C)C2CCCC12. The smallest absolute Gasteiger partial charge is 0.0331 e. The van der Waals surface area contributed by atoms with Crippen molar-refractivity contribution in [1.82, 2.24) is 0 Å². The van der Waals surface area contributed by atoms with Gasteiger partial charge in [0.2, 0.25) is 0 Å². The molecular formula is C17H32. The number of hydrogen-bond acceptors (Lipinski definition) is 0. The lowest BCUT2D eigenvalue weighted by atomic mass is 9.73. The van der Waals surface area contributed by atoms with Crippen LogP contribution in [0.1, 0.15) is 73.6 Å². The molecule has 0 radical (unpaired) electrons. The molecule has 0 aliphatic heterocycles. The highest BCUT2D eigenvalue weighted by molar-refractivity contribution is 4.99. The molecule has 2 aliphatic carbocycles. The molecule has 0 N–H and O–H groups in total. The van der Waals surface area contributed by atoms with Crippen LogP contribution in [0.15, 0.2) is 0 Å². The predicted octanol–water partition coefficient (Wildman–Crippen LogP) is 5.52. The van der Waals surface area contributed by atoms with Gasteiger partial charge in [0.05, 0.1) is 0 Å². The summed E-state index contributed by atoms with van der Waals surface area (Å²) < 4.78 is 0. The molecule has 0 aromatic carbocycles. The van der Waals surface area contributed by atoms with E-state index >= 15 is 0 Å². The second kappa shape index (κ2) is 4.28. The van der Waals surface area contributed by atoms with Gasteiger partial charge in [0.15, 0.2) is 0 Å². The van der Waals surface area contributed by atoms with E-state index in [4.69, 9.17) is 0 Å². The summed E-state index contributed by atoms with van der Waals surface area (Å²) in [5.74, 6) is 4.13. The molecule has 4 atom stereocenters. The predicted molar refractivity (Wildman–Crippen MR) is 76.0 cm³/mol. The summed E-state index contributed by atoms with van der Waals surface area (Å²) in [6, 6.07) is 0. The standard InChI is InChI=1S/C17H32/c1-16(2,3)11-12-10-15(17(4,5)6)14-9-7-8-13(12)14/h12-15H,7-11H2,1-6H3. The van der Waals surface area contributed by atoms with Crippen LogP contribution in [-0.2, 0) is 0 Å². The van der Waals surface area contributed by atoms with Crippen molar-refractivity contribution in [1.29, 1.82) is 0 Å². The van der Waals surface area contributed by atoms with Gasteiger partial charge in [0.25, 0.3) is 0 Å². The van der Waals surface area contributed by atoms with Crippen LogP contribution in [0.25, 0.3) is 0 Å². The third kappa shape index (κ3) is 2.88. The van der Waals surface area contributed by atoms with Crippen LogP contribution in [0.4, 0.5) is 0 Å². The van der Waals surface area contributed by atoms with Gasteiger partial charge < -0.3 is 0 Å². The zero-order valence-corrected chi connectivity index (χ0v) is 12.8. The maximum atomic E-state index is 2.46. The Morgan fingerprint density at radius 1 is 0.882 bits per heavy atom. The van der Waals surface area contributed by atoms with Crippen LogP contribution in [-0.4, -0.2) is 0 Å². The van der Waals surface area contributed by atoms with Gasteiger partial charge >= 0.3 is 0 Å². The van der Waals surface area contributed by atoms with Crippen LogP contribution in [0.5, 0.6) is 0 Å². The van der Waals surface area contributed by atoms with Gasteiger partial charge in [-0.2, -0.15) is 0 Å². The van der Waals surface area contributed by atoms with Crippen molar-refractivity contribution in [2.45, 2.75) is 73.6 Å². The van der Waals surface area contributed by atoms with Crippen molar-refractivity contribution in [2.24, 2.45) is 34.5 Å². The Balaban J connectivity index is 2.11. The first kappa shape index (κ1) is 13.4. The van der Waals surface area contributed by atoms with Gasteiger partial charge in [-0.25, -0.2) is 0 Å². The zero-order valence-electron chi connectivity index (χ0n) is 12.8. The molecule has 4 unspecified atom stereocenters. The fraction of sp³-hybridized carbons (Fsp3) is 1.00. The van der Waals surface area contributed by atoms with Crippen LogP contribution in [0.3, 0.4) is 0 Å². The second-order valence-corrected chi connectivity index (χ2v) is 8.99. The summed E-state index contributed by atoms with van der Waals surface area (Å²) in [7, 11) is 0. The Hall–Kier alpha value is 0. The normalized spacial score (nSPS) is 38.5. The lowest BCUT2D eigenvalue weighted by Gasteiger charge is -2.32. The molecule has 0 spiro atoms. The Labute approximate surface area is 109 Å². The average molecular weight is 236 g/mol. The van der Waals surface area contributed by atoms with Crippen molar-refractivity contribution in [3.63, 3.8) is 0 Å². The minimum Gasteiger partial charge on any atom is -0.0602 e. The lowest BCUT2D eigenvalue weighted by Crippen LogP contribution is -2.24. The number of fused-ring (bicyclic) bond motifs is 1. The van der Waals surface area contributed by atoms with E-state index in [0.29, 0.717) is 10.8 Å². The lowest BCUT2D eigenvalue weighted by molar-refractivity contribution is 0.176. The van der Waals surface area contributed by atoms with E-state index in [1.54, 1.807) is 0 Å². The summed E-state index contributed by atoms with van der Waals surface area (Å²) >= 11 is 0. The van der Waals surface area contributed by atoms with Gasteiger partial charge in [-0.15, -0.1) is 0 Å². The molecule has 2 aliphatic rings. The highest BCUT2D eigenvalue weighted by Crippen LogP contribution is 2.58. The summed E-state index contributed by atoms with van der Waals surface area (Å²) in [6.07, 6.45) is 7.50. The van der Waals surface area contributed by atoms with E-state index in [-0.39, 0.29) is 0 Å². The van der Waals surface area contributed by atoms with E-state index < -0.39 is 0 Å². The van der Waals surface area contributed by atoms with E-state index in [9.17, 15) is 0 Å². The van der Waals surface area contributed by atoms with E-state index in [1.807, 2.05) is 0 Å². The summed E-state index contributed by atoms with van der Waals surface area (Å²) in [6.45, 7) is 14.6. The third-order valence-electron chi connectivity index (χ3n) is 5.29. The average Bonchev–Trinajstić information content (AvgIpc) is 2.63. The molecule has 0 heterocycles. The number of rotatable bonds is 1. The zero-order chi connectivity index (χ0) is 12.8. The van der Waals surface area contributed by atoms with Crippen LogP contribution in [0, 0.1) is 34.5 Å². The first-order chi connectivity index (χ1) is 7.68. The topological polar surface area (TPSA) is 0 Å². The largest absolute Gasteiger partial charge is 0.0602 e. The molecule has 0 bridgehead atoms. The summed E-state index contributed by atoms with van der Waals surface area (Å²) in [4.78, 5) is 0. The third-order valence-corrected chi connectivity index (χ3v) is 5.29. The first-order valence-electron chi connectivity index (χ1n) is 7.68. The Kier molecular flexibility index (Phi) is 3.38. The Bertz CT molecular complexity index is 263. The fourth-order valence-corrected chi connectivity index (χ4v) is 4.80. The molecule has 0 amide bonds. The molecule has 2 saturated carbocycles. The van der Waals surface area contributed by atoms with E-state index in [1.165, 1.54) is 32.1 Å². The second-order valence-electron chi connectivity index (χ2n) is 8.99. The van der Waals surface area contributed by atoms with Crippen LogP contribution < -0.4 is 0 Å². The van der Waals surface area contributed by atoms with E-state index in [0.717, 1.165) is 23.7 Å². The summed E-state index contributed by atoms with van der Waals surface area (Å²) in [5.41, 5.74) is 1.05. The molecule has 0 heteroatoms. The molecule has 0 aromatic rings. The van der Waals surface area contributed by atoms with Crippen LogP contribution >= 0.6 is 0 Å². The molecule has 0 nitrogen and oxygen atoms in total. The van der Waals surface area contributed by atoms with Gasteiger partial charge in [-0.3, -0.25) is 0 Å². The molecule has 17 heavy (non-hydrogen) atoms. The highest BCUT2D eigenvalue weighted by atomic mass is 14.5. The fourth-order valence-electron chi connectivity index (χ4n) is 4.80. The van der Waals surface area contributed by atoms with Gasteiger partial charge in [0, 0.05) is 0 Å². The monoisotopic (exact) mass is 236 g/mol. The molecule has 2 rings (SSSR count). The molecular weight excluding hydrogens is 204 g/mol. The molecule has 0 saturated heterocycles. The van der Waals surface area contributed by atoms with Gasteiger partial charge in [-0.05, 0) is 60.2 Å². The maximum Gasteiger partial charge on any atom is -0.0331 e. The van der Waals surface area contributed by atoms with Crippen molar-refractivity contribution in [3.05, 3.63) is 0 Å². The van der Waals surface area contributed by atoms with Gasteiger partial charge in [0.1, 0.15) is 0 Å². The molecule has 2 fully saturated rings. The minimum atomic E-state index is 0.518. The molecule has 100 valence electrons.